The van der Waals surface area contributed by atoms with E-state index in [9.17, 15) is 19.2 Å². The average molecular weight is 498 g/mol. The van der Waals surface area contributed by atoms with Gasteiger partial charge in [0.1, 0.15) is 17.1 Å². The number of urea groups is 1. The summed E-state index contributed by atoms with van der Waals surface area (Å²) in [5.74, 6) is -0.951. The number of rotatable bonds is 8. The van der Waals surface area contributed by atoms with Crippen LogP contribution in [0.3, 0.4) is 0 Å². The second-order valence-electron chi connectivity index (χ2n) is 9.17. The van der Waals surface area contributed by atoms with Crippen molar-refractivity contribution >= 4 is 40.2 Å². The highest BCUT2D eigenvalue weighted by Gasteiger charge is 2.52. The van der Waals surface area contributed by atoms with E-state index in [-0.39, 0.29) is 6.61 Å². The molecular weight excluding hydrogens is 466 g/mol. The predicted octanol–water partition coefficient (Wildman–Crippen LogP) is 4.24. The molecule has 2 heterocycles. The minimum atomic E-state index is -1.19. The van der Waals surface area contributed by atoms with E-state index >= 15 is 0 Å². The number of hydrogen-bond donors (Lipinski definition) is 2. The summed E-state index contributed by atoms with van der Waals surface area (Å²) < 4.78 is 5.26. The maximum absolute atomic E-state index is 13.5. The Morgan fingerprint density at radius 1 is 1.23 bits per heavy atom. The molecule has 2 aliphatic rings. The van der Waals surface area contributed by atoms with E-state index in [0.717, 1.165) is 34.6 Å². The van der Waals surface area contributed by atoms with Crippen LogP contribution in [0, 0.1) is 5.92 Å². The molecular formula is C26H31N3O5S. The highest BCUT2D eigenvalue weighted by atomic mass is 32.1. The van der Waals surface area contributed by atoms with Crippen LogP contribution in [0.5, 0.6) is 0 Å². The van der Waals surface area contributed by atoms with Gasteiger partial charge in [0, 0.05) is 4.88 Å². The van der Waals surface area contributed by atoms with Crippen LogP contribution < -0.4 is 10.6 Å². The fourth-order valence-corrected chi connectivity index (χ4v) is 6.36. The van der Waals surface area contributed by atoms with E-state index in [2.05, 4.69) is 17.6 Å². The maximum atomic E-state index is 13.5. The Balaban J connectivity index is 1.56. The van der Waals surface area contributed by atoms with E-state index in [4.69, 9.17) is 4.74 Å². The number of carbonyl (C=O) groups is 4. The van der Waals surface area contributed by atoms with Crippen LogP contribution in [0.1, 0.15) is 66.4 Å². The highest BCUT2D eigenvalue weighted by molar-refractivity contribution is 7.17. The number of ether oxygens (including phenoxy) is 1. The van der Waals surface area contributed by atoms with Crippen molar-refractivity contribution in [2.45, 2.75) is 58.4 Å². The smallest absolute Gasteiger partial charge is 0.341 e. The van der Waals surface area contributed by atoms with Gasteiger partial charge in [0.2, 0.25) is 5.91 Å². The number of carbonyl (C=O) groups excluding carboxylic acids is 4. The lowest BCUT2D eigenvalue weighted by Crippen LogP contribution is -2.44. The van der Waals surface area contributed by atoms with E-state index in [1.165, 1.54) is 11.3 Å². The van der Waals surface area contributed by atoms with E-state index in [0.29, 0.717) is 34.9 Å². The first-order valence-corrected chi connectivity index (χ1v) is 12.9. The van der Waals surface area contributed by atoms with Gasteiger partial charge in [-0.1, -0.05) is 50.6 Å². The van der Waals surface area contributed by atoms with Crippen LogP contribution in [-0.2, 0) is 32.7 Å². The SMILES string of the molecule is CCC[C@@]1(c2ccccc2)NC(=O)N(CC(=O)Nc2sc3c(c2C(=O)OCC)CC[C@@H](C)C3)C1=O. The van der Waals surface area contributed by atoms with Gasteiger partial charge < -0.3 is 15.4 Å². The van der Waals surface area contributed by atoms with Crippen molar-refractivity contribution in [3.8, 4) is 0 Å². The molecule has 0 unspecified atom stereocenters. The third-order valence-electron chi connectivity index (χ3n) is 6.61. The van der Waals surface area contributed by atoms with E-state index in [1.807, 2.05) is 25.1 Å². The summed E-state index contributed by atoms with van der Waals surface area (Å²) in [6.07, 6.45) is 3.64. The Hall–Kier alpha value is -3.20. The summed E-state index contributed by atoms with van der Waals surface area (Å²) in [6.45, 7) is 5.64. The topological polar surface area (TPSA) is 105 Å². The number of thiophene rings is 1. The lowest BCUT2D eigenvalue weighted by molar-refractivity contribution is -0.134. The highest BCUT2D eigenvalue weighted by Crippen LogP contribution is 2.40. The van der Waals surface area contributed by atoms with Gasteiger partial charge in [0.05, 0.1) is 12.2 Å². The largest absolute Gasteiger partial charge is 0.462 e. The number of fused-ring (bicyclic) bond motifs is 1. The fraction of sp³-hybridized carbons (Fsp3) is 0.462. The summed E-state index contributed by atoms with van der Waals surface area (Å²) >= 11 is 1.38. The average Bonchev–Trinajstić information content (AvgIpc) is 3.29. The molecule has 4 rings (SSSR count). The molecule has 1 aromatic heterocycles. The molecule has 4 amide bonds. The van der Waals surface area contributed by atoms with Crippen molar-refractivity contribution in [3.63, 3.8) is 0 Å². The molecule has 0 spiro atoms. The van der Waals surface area contributed by atoms with Gasteiger partial charge >= 0.3 is 12.0 Å². The molecule has 1 fully saturated rings. The molecule has 8 nitrogen and oxygen atoms in total. The Kier molecular flexibility index (Phi) is 7.25. The van der Waals surface area contributed by atoms with Gasteiger partial charge in [-0.2, -0.15) is 0 Å². The van der Waals surface area contributed by atoms with Gasteiger partial charge in [-0.15, -0.1) is 11.3 Å². The summed E-state index contributed by atoms with van der Waals surface area (Å²) in [7, 11) is 0. The van der Waals surface area contributed by atoms with Crippen LogP contribution in [0.15, 0.2) is 30.3 Å². The molecule has 35 heavy (non-hydrogen) atoms. The van der Waals surface area contributed by atoms with Gasteiger partial charge in [-0.25, -0.2) is 9.59 Å². The van der Waals surface area contributed by atoms with Crippen LogP contribution in [0.2, 0.25) is 0 Å². The fourth-order valence-electron chi connectivity index (χ4n) is 4.94. The van der Waals surface area contributed by atoms with Crippen molar-refractivity contribution in [3.05, 3.63) is 51.9 Å². The zero-order chi connectivity index (χ0) is 25.2. The quantitative estimate of drug-likeness (QED) is 0.419. The Bertz CT molecular complexity index is 1150. The summed E-state index contributed by atoms with van der Waals surface area (Å²) in [4.78, 5) is 54.1. The standard InChI is InChI=1S/C26H31N3O5S/c1-4-13-26(17-9-7-6-8-10-17)24(32)29(25(33)28-26)15-20(30)27-22-21(23(31)34-5-2)18-12-11-16(3)14-19(18)35-22/h6-10,16H,4-5,11-15H2,1-3H3,(H,27,30)(H,28,33)/t16-,26+/m1/s1. The monoisotopic (exact) mass is 497 g/mol. The summed E-state index contributed by atoms with van der Waals surface area (Å²) in [5.41, 5.74) is 0.825. The number of nitrogens with one attached hydrogen (secondary N) is 2. The van der Waals surface area contributed by atoms with Crippen LogP contribution in [-0.4, -0.2) is 41.9 Å². The maximum Gasteiger partial charge on any atom is 0.341 e. The molecule has 1 aromatic carbocycles. The van der Waals surface area contributed by atoms with Gasteiger partial charge in [0.25, 0.3) is 5.91 Å². The number of amides is 4. The van der Waals surface area contributed by atoms with Crippen molar-refractivity contribution in [2.24, 2.45) is 5.92 Å². The molecule has 9 heteroatoms. The lowest BCUT2D eigenvalue weighted by Gasteiger charge is -2.26. The van der Waals surface area contributed by atoms with Gasteiger partial charge in [0.15, 0.2) is 0 Å². The van der Waals surface area contributed by atoms with E-state index < -0.39 is 35.9 Å². The first-order chi connectivity index (χ1) is 16.8. The molecule has 1 aliphatic carbocycles. The first kappa shape index (κ1) is 24.9. The van der Waals surface area contributed by atoms with Gasteiger partial charge in [-0.3, -0.25) is 14.5 Å². The number of esters is 1. The Labute approximate surface area is 209 Å². The predicted molar refractivity (Wildman–Crippen MR) is 133 cm³/mol. The lowest BCUT2D eigenvalue weighted by atomic mass is 9.85. The molecule has 2 atom stereocenters. The van der Waals surface area contributed by atoms with Crippen LogP contribution in [0.25, 0.3) is 0 Å². The van der Waals surface area contributed by atoms with E-state index in [1.54, 1.807) is 19.1 Å². The van der Waals surface area contributed by atoms with Crippen LogP contribution >= 0.6 is 11.3 Å². The second-order valence-corrected chi connectivity index (χ2v) is 10.3. The number of anilines is 1. The van der Waals surface area contributed by atoms with Crippen LogP contribution in [0.4, 0.5) is 9.80 Å². The zero-order valence-corrected chi connectivity index (χ0v) is 21.1. The normalized spacial score (nSPS) is 21.5. The third-order valence-corrected chi connectivity index (χ3v) is 7.78. The molecule has 1 saturated heterocycles. The molecule has 2 aromatic rings. The van der Waals surface area contributed by atoms with Crippen molar-refractivity contribution in [2.75, 3.05) is 18.5 Å². The summed E-state index contributed by atoms with van der Waals surface area (Å²) in [6, 6.07) is 8.49. The van der Waals surface area contributed by atoms with Crippen molar-refractivity contribution < 1.29 is 23.9 Å². The molecule has 0 bridgehead atoms. The molecule has 0 radical (unpaired) electrons. The molecule has 186 valence electrons. The zero-order valence-electron chi connectivity index (χ0n) is 20.3. The van der Waals surface area contributed by atoms with Crippen molar-refractivity contribution in [1.82, 2.24) is 10.2 Å². The Morgan fingerprint density at radius 3 is 2.66 bits per heavy atom. The number of nitrogens with zero attached hydrogens (tertiary/aromatic N) is 1. The number of imide groups is 1. The van der Waals surface area contributed by atoms with Crippen molar-refractivity contribution in [1.29, 1.82) is 0 Å². The number of hydrogen-bond acceptors (Lipinski definition) is 6. The van der Waals surface area contributed by atoms with Gasteiger partial charge in [-0.05, 0) is 49.7 Å². The minimum absolute atomic E-state index is 0.231. The first-order valence-electron chi connectivity index (χ1n) is 12.1. The minimum Gasteiger partial charge on any atom is -0.462 e. The second kappa shape index (κ2) is 10.2. The summed E-state index contributed by atoms with van der Waals surface area (Å²) in [5, 5.41) is 6.04. The molecule has 2 N–H and O–H groups in total. The Morgan fingerprint density at radius 2 is 1.97 bits per heavy atom. The molecule has 0 saturated carbocycles. The third kappa shape index (κ3) is 4.69. The number of benzene rings is 1. The molecule has 1 aliphatic heterocycles.